The number of rotatable bonds is 0. The van der Waals surface area contributed by atoms with Gasteiger partial charge in [0.15, 0.2) is 0 Å². The lowest BCUT2D eigenvalue weighted by molar-refractivity contribution is 0.373. The van der Waals surface area contributed by atoms with Gasteiger partial charge in [0.2, 0.25) is 0 Å². The maximum atomic E-state index is 3.76. The molecule has 92 valence electrons. The number of fused-ring (bicyclic) bond motifs is 3. The van der Waals surface area contributed by atoms with Crippen molar-refractivity contribution in [1.82, 2.24) is 5.32 Å². The van der Waals surface area contributed by atoms with Gasteiger partial charge in [-0.15, -0.1) is 0 Å². The van der Waals surface area contributed by atoms with Crippen molar-refractivity contribution in [3.05, 3.63) is 35.4 Å². The Morgan fingerprint density at radius 1 is 1.29 bits per heavy atom. The maximum absolute atomic E-state index is 3.76. The Bertz CT molecular complexity index is 413. The molecule has 2 aliphatic rings. The fourth-order valence-electron chi connectivity index (χ4n) is 3.28. The molecule has 1 aliphatic heterocycles. The summed E-state index contributed by atoms with van der Waals surface area (Å²) in [5, 5.41) is 4.51. The molecule has 1 nitrogen and oxygen atoms in total. The molecule has 0 bridgehead atoms. The van der Waals surface area contributed by atoms with Crippen LogP contribution in [0.25, 0.3) is 0 Å². The van der Waals surface area contributed by atoms with Crippen LogP contribution in [0.15, 0.2) is 24.3 Å². The summed E-state index contributed by atoms with van der Waals surface area (Å²) in [5.41, 5.74) is 3.43. The van der Waals surface area contributed by atoms with Gasteiger partial charge in [0, 0.05) is 11.3 Å². The molecule has 0 spiro atoms. The number of nitrogens with one attached hydrogen (secondary N) is 1. The average molecular weight is 247 g/mol. The highest BCUT2D eigenvalue weighted by atomic mass is 32.2. The van der Waals surface area contributed by atoms with Gasteiger partial charge in [0.1, 0.15) is 0 Å². The highest BCUT2D eigenvalue weighted by Crippen LogP contribution is 2.46. The van der Waals surface area contributed by atoms with Gasteiger partial charge in [-0.3, -0.25) is 0 Å². The fraction of sp³-hybridized carbons (Fsp3) is 0.600. The number of hydrogen-bond acceptors (Lipinski definition) is 2. The lowest BCUT2D eigenvalue weighted by Crippen LogP contribution is -2.40. The number of hydrogen-bond donors (Lipinski definition) is 1. The smallest absolute Gasteiger partial charge is 0.0443 e. The van der Waals surface area contributed by atoms with E-state index in [9.17, 15) is 0 Å². The fourth-order valence-corrected chi connectivity index (χ4v) is 4.86. The molecular formula is C15H21NS. The SMILES string of the molecule is CC1(C)CC2SCCCNC2c2ccccc21. The third-order valence-electron chi connectivity index (χ3n) is 4.13. The molecule has 0 amide bonds. The van der Waals surface area contributed by atoms with Crippen LogP contribution in [0.4, 0.5) is 0 Å². The van der Waals surface area contributed by atoms with E-state index in [0.717, 1.165) is 5.25 Å². The molecule has 1 aromatic rings. The van der Waals surface area contributed by atoms with Crippen molar-refractivity contribution in [2.45, 2.75) is 43.4 Å². The zero-order valence-electron chi connectivity index (χ0n) is 10.7. The second-order valence-corrected chi connectivity index (χ2v) is 7.22. The Morgan fingerprint density at radius 3 is 3.00 bits per heavy atom. The van der Waals surface area contributed by atoms with Crippen LogP contribution in [0, 0.1) is 0 Å². The second-order valence-electron chi connectivity index (χ2n) is 5.87. The minimum absolute atomic E-state index is 0.330. The Kier molecular flexibility index (Phi) is 2.95. The van der Waals surface area contributed by atoms with Gasteiger partial charge in [-0.25, -0.2) is 0 Å². The average Bonchev–Trinajstić information content (AvgIpc) is 2.54. The topological polar surface area (TPSA) is 12.0 Å². The van der Waals surface area contributed by atoms with Crippen LogP contribution in [0.2, 0.25) is 0 Å². The summed E-state index contributed by atoms with van der Waals surface area (Å²) in [6, 6.07) is 9.60. The molecule has 2 atom stereocenters. The third-order valence-corrected chi connectivity index (χ3v) is 5.52. The molecule has 0 radical (unpaired) electrons. The molecule has 1 heterocycles. The van der Waals surface area contributed by atoms with E-state index in [1.165, 1.54) is 25.1 Å². The van der Waals surface area contributed by atoms with E-state index in [1.807, 2.05) is 0 Å². The van der Waals surface area contributed by atoms with E-state index in [2.05, 4.69) is 55.2 Å². The van der Waals surface area contributed by atoms with Gasteiger partial charge in [-0.05, 0) is 41.7 Å². The van der Waals surface area contributed by atoms with Gasteiger partial charge in [0.05, 0.1) is 0 Å². The Hall–Kier alpha value is -0.470. The Morgan fingerprint density at radius 2 is 2.12 bits per heavy atom. The number of benzene rings is 1. The summed E-state index contributed by atoms with van der Waals surface area (Å²) in [7, 11) is 0. The van der Waals surface area contributed by atoms with Gasteiger partial charge >= 0.3 is 0 Å². The van der Waals surface area contributed by atoms with E-state index >= 15 is 0 Å². The summed E-state index contributed by atoms with van der Waals surface area (Å²) < 4.78 is 0. The quantitative estimate of drug-likeness (QED) is 0.753. The van der Waals surface area contributed by atoms with Crippen molar-refractivity contribution < 1.29 is 0 Å². The van der Waals surface area contributed by atoms with Crippen molar-refractivity contribution in [3.8, 4) is 0 Å². The van der Waals surface area contributed by atoms with Crippen molar-refractivity contribution in [2.75, 3.05) is 12.3 Å². The predicted molar refractivity (Wildman–Crippen MR) is 75.7 cm³/mol. The molecule has 0 saturated carbocycles. The molecule has 0 aromatic heterocycles. The van der Waals surface area contributed by atoms with Crippen molar-refractivity contribution in [2.24, 2.45) is 0 Å². The summed E-state index contributed by atoms with van der Waals surface area (Å²) in [6.45, 7) is 5.96. The molecule has 2 unspecified atom stereocenters. The lowest BCUT2D eigenvalue weighted by atomic mass is 9.70. The number of thioether (sulfide) groups is 1. The highest BCUT2D eigenvalue weighted by Gasteiger charge is 2.39. The van der Waals surface area contributed by atoms with Crippen LogP contribution in [0.3, 0.4) is 0 Å². The van der Waals surface area contributed by atoms with E-state index < -0.39 is 0 Å². The van der Waals surface area contributed by atoms with E-state index in [0.29, 0.717) is 11.5 Å². The minimum Gasteiger partial charge on any atom is -0.309 e. The van der Waals surface area contributed by atoms with Crippen LogP contribution in [0.1, 0.15) is 43.9 Å². The first-order valence-corrected chi connectivity index (χ1v) is 7.68. The monoisotopic (exact) mass is 247 g/mol. The predicted octanol–water partition coefficient (Wildman–Crippen LogP) is 3.50. The van der Waals surface area contributed by atoms with E-state index in [1.54, 1.807) is 11.1 Å². The van der Waals surface area contributed by atoms with Crippen molar-refractivity contribution in [3.63, 3.8) is 0 Å². The minimum atomic E-state index is 0.330. The van der Waals surface area contributed by atoms with Crippen LogP contribution >= 0.6 is 11.8 Å². The molecule has 3 rings (SSSR count). The molecule has 2 heteroatoms. The molecular weight excluding hydrogens is 226 g/mol. The summed E-state index contributed by atoms with van der Waals surface area (Å²) in [5.74, 6) is 1.31. The van der Waals surface area contributed by atoms with Gasteiger partial charge in [-0.1, -0.05) is 38.1 Å². The summed E-state index contributed by atoms with van der Waals surface area (Å²) in [4.78, 5) is 0. The first-order chi connectivity index (χ1) is 8.18. The first kappa shape index (κ1) is 11.6. The molecule has 1 fully saturated rings. The van der Waals surface area contributed by atoms with Crippen LogP contribution < -0.4 is 5.32 Å². The van der Waals surface area contributed by atoms with Gasteiger partial charge < -0.3 is 5.32 Å². The molecule has 1 aliphatic carbocycles. The first-order valence-electron chi connectivity index (χ1n) is 6.63. The molecule has 1 aromatic carbocycles. The zero-order chi connectivity index (χ0) is 11.9. The van der Waals surface area contributed by atoms with Gasteiger partial charge in [-0.2, -0.15) is 11.8 Å². The standard InChI is InChI=1S/C15H21NS/c1-15(2)10-13-14(16-8-5-9-17-13)11-6-3-4-7-12(11)15/h3-4,6-7,13-14,16H,5,8-10H2,1-2H3. The normalized spacial score (nSPS) is 31.2. The van der Waals surface area contributed by atoms with Crippen LogP contribution in [-0.2, 0) is 5.41 Å². The maximum Gasteiger partial charge on any atom is 0.0443 e. The Balaban J connectivity index is 2.06. The van der Waals surface area contributed by atoms with Crippen LogP contribution in [0.5, 0.6) is 0 Å². The van der Waals surface area contributed by atoms with Crippen molar-refractivity contribution >= 4 is 11.8 Å². The van der Waals surface area contributed by atoms with Gasteiger partial charge in [0.25, 0.3) is 0 Å². The van der Waals surface area contributed by atoms with Crippen LogP contribution in [-0.4, -0.2) is 17.5 Å². The Labute approximate surface area is 108 Å². The summed E-state index contributed by atoms with van der Waals surface area (Å²) >= 11 is 2.17. The van der Waals surface area contributed by atoms with E-state index in [-0.39, 0.29) is 0 Å². The van der Waals surface area contributed by atoms with E-state index in [4.69, 9.17) is 0 Å². The molecule has 17 heavy (non-hydrogen) atoms. The zero-order valence-corrected chi connectivity index (χ0v) is 11.5. The third kappa shape index (κ3) is 2.02. The van der Waals surface area contributed by atoms with Crippen molar-refractivity contribution in [1.29, 1.82) is 0 Å². The summed E-state index contributed by atoms with van der Waals surface area (Å²) in [6.07, 6.45) is 2.60. The highest BCUT2D eigenvalue weighted by molar-refractivity contribution is 7.99. The second kappa shape index (κ2) is 4.33. The molecule has 1 N–H and O–H groups in total. The lowest BCUT2D eigenvalue weighted by Gasteiger charge is -2.41. The molecule has 1 saturated heterocycles. The largest absolute Gasteiger partial charge is 0.309 e.